The number of thiophene rings is 1. The van der Waals surface area contributed by atoms with Crippen LogP contribution in [0, 0.1) is 5.82 Å². The smallest absolute Gasteiger partial charge is 0.281 e. The van der Waals surface area contributed by atoms with Gasteiger partial charge in [-0.3, -0.25) is 18.9 Å². The van der Waals surface area contributed by atoms with Crippen LogP contribution < -0.4 is 11.3 Å². The summed E-state index contributed by atoms with van der Waals surface area (Å²) in [7, 11) is 1.79. The molecule has 0 unspecified atom stereocenters. The number of piperidine rings is 1. The second-order valence-electron chi connectivity index (χ2n) is 10.6. The van der Waals surface area contributed by atoms with E-state index in [4.69, 9.17) is 5.73 Å². The summed E-state index contributed by atoms with van der Waals surface area (Å²) in [4.78, 5) is 20.1. The predicted octanol–water partition coefficient (Wildman–Crippen LogP) is 4.15. The number of fused-ring (bicyclic) bond motifs is 1. The van der Waals surface area contributed by atoms with Gasteiger partial charge in [0.15, 0.2) is 5.52 Å². The number of benzene rings is 2. The molecule has 0 amide bonds. The van der Waals surface area contributed by atoms with Gasteiger partial charge >= 0.3 is 0 Å². The third kappa shape index (κ3) is 5.11. The molecular formula is C30H31FN6O2S. The molecule has 1 fully saturated rings. The van der Waals surface area contributed by atoms with E-state index < -0.39 is 5.60 Å². The molecule has 0 aliphatic carbocycles. The van der Waals surface area contributed by atoms with Crippen molar-refractivity contribution in [3.05, 3.63) is 92.9 Å². The Kier molecular flexibility index (Phi) is 7.09. The molecule has 10 heteroatoms. The number of rotatable bonds is 7. The van der Waals surface area contributed by atoms with Gasteiger partial charge in [-0.2, -0.15) is 16.4 Å². The first kappa shape index (κ1) is 26.5. The summed E-state index contributed by atoms with van der Waals surface area (Å²) < 4.78 is 18.0. The Hall–Kier alpha value is -3.70. The highest BCUT2D eigenvalue weighted by molar-refractivity contribution is 7.08. The van der Waals surface area contributed by atoms with Gasteiger partial charge in [0, 0.05) is 44.4 Å². The number of halogens is 1. The number of aryl methyl sites for hydroxylation is 1. The van der Waals surface area contributed by atoms with E-state index in [1.807, 2.05) is 53.2 Å². The van der Waals surface area contributed by atoms with Crippen LogP contribution in [0.4, 0.5) is 4.39 Å². The van der Waals surface area contributed by atoms with Crippen LogP contribution in [-0.2, 0) is 26.7 Å². The summed E-state index contributed by atoms with van der Waals surface area (Å²) in [6.45, 7) is 2.25. The second-order valence-corrected chi connectivity index (χ2v) is 11.3. The summed E-state index contributed by atoms with van der Waals surface area (Å²) in [6, 6.07) is 15.2. The van der Waals surface area contributed by atoms with E-state index in [9.17, 15) is 14.3 Å². The van der Waals surface area contributed by atoms with E-state index in [-0.39, 0.29) is 23.4 Å². The average Bonchev–Trinajstić information content (AvgIpc) is 3.61. The van der Waals surface area contributed by atoms with Crippen LogP contribution in [0.15, 0.2) is 70.4 Å². The summed E-state index contributed by atoms with van der Waals surface area (Å²) in [5.41, 5.74) is 10.4. The molecule has 0 spiro atoms. The van der Waals surface area contributed by atoms with Crippen LogP contribution in [0.3, 0.4) is 0 Å². The van der Waals surface area contributed by atoms with Gasteiger partial charge in [0.25, 0.3) is 5.56 Å². The largest absolute Gasteiger partial charge is 0.388 e. The molecule has 3 aromatic heterocycles. The molecule has 5 aromatic rings. The summed E-state index contributed by atoms with van der Waals surface area (Å²) in [5, 5.41) is 19.8. The van der Waals surface area contributed by atoms with Crippen molar-refractivity contribution in [3.8, 4) is 22.4 Å². The zero-order chi connectivity index (χ0) is 27.9. The van der Waals surface area contributed by atoms with Crippen LogP contribution in [0.5, 0.6) is 0 Å². The van der Waals surface area contributed by atoms with Gasteiger partial charge < -0.3 is 10.8 Å². The van der Waals surface area contributed by atoms with Crippen molar-refractivity contribution in [3.63, 3.8) is 0 Å². The van der Waals surface area contributed by atoms with Gasteiger partial charge in [0.2, 0.25) is 0 Å². The molecule has 2 aromatic carbocycles. The SMILES string of the molecule is Cn1nc2c(=O)n(CC3(O)CCN(Cc4ccc(-c5ccsc5)cc4F)CC3)cnc2c1-c1ccc(CN)cc1. The van der Waals surface area contributed by atoms with E-state index in [2.05, 4.69) is 15.0 Å². The highest BCUT2D eigenvalue weighted by Crippen LogP contribution is 2.29. The maximum Gasteiger partial charge on any atom is 0.281 e. The zero-order valence-electron chi connectivity index (χ0n) is 22.3. The first-order valence-corrected chi connectivity index (χ1v) is 14.2. The lowest BCUT2D eigenvalue weighted by Crippen LogP contribution is -2.47. The fourth-order valence-electron chi connectivity index (χ4n) is 5.46. The normalized spacial score (nSPS) is 15.6. The quantitative estimate of drug-likeness (QED) is 0.311. The van der Waals surface area contributed by atoms with Gasteiger partial charge in [0.05, 0.1) is 24.2 Å². The van der Waals surface area contributed by atoms with Crippen LogP contribution in [-0.4, -0.2) is 48.0 Å². The molecule has 0 bridgehead atoms. The van der Waals surface area contributed by atoms with E-state index in [1.54, 1.807) is 29.1 Å². The topological polar surface area (TPSA) is 102 Å². The number of aromatic nitrogens is 4. The number of likely N-dealkylation sites (tertiary alicyclic amines) is 1. The van der Waals surface area contributed by atoms with Crippen molar-refractivity contribution in [1.29, 1.82) is 0 Å². The molecule has 4 heterocycles. The Morgan fingerprint density at radius 1 is 1.05 bits per heavy atom. The first-order valence-electron chi connectivity index (χ1n) is 13.3. The number of aliphatic hydroxyl groups is 1. The van der Waals surface area contributed by atoms with Gasteiger partial charge in [-0.1, -0.05) is 36.4 Å². The Labute approximate surface area is 235 Å². The molecule has 0 radical (unpaired) electrons. The molecule has 40 heavy (non-hydrogen) atoms. The maximum absolute atomic E-state index is 14.9. The lowest BCUT2D eigenvalue weighted by molar-refractivity contribution is -0.0366. The molecule has 3 N–H and O–H groups in total. The van der Waals surface area contributed by atoms with Crippen molar-refractivity contribution in [2.45, 2.75) is 38.1 Å². The van der Waals surface area contributed by atoms with E-state index in [1.165, 1.54) is 10.9 Å². The molecule has 1 aliphatic rings. The van der Waals surface area contributed by atoms with E-state index >= 15 is 0 Å². The minimum atomic E-state index is -1.06. The van der Waals surface area contributed by atoms with Crippen molar-refractivity contribution in [2.75, 3.05) is 13.1 Å². The highest BCUT2D eigenvalue weighted by Gasteiger charge is 2.33. The van der Waals surface area contributed by atoms with Crippen LogP contribution >= 0.6 is 11.3 Å². The molecule has 206 valence electrons. The van der Waals surface area contributed by atoms with Crippen molar-refractivity contribution in [2.24, 2.45) is 12.8 Å². The highest BCUT2D eigenvalue weighted by atomic mass is 32.1. The number of hydrogen-bond donors (Lipinski definition) is 2. The van der Waals surface area contributed by atoms with Crippen LogP contribution in [0.25, 0.3) is 33.4 Å². The molecular weight excluding hydrogens is 527 g/mol. The zero-order valence-corrected chi connectivity index (χ0v) is 23.1. The summed E-state index contributed by atoms with van der Waals surface area (Å²) in [5.74, 6) is -0.222. The minimum Gasteiger partial charge on any atom is -0.388 e. The fraction of sp³-hybridized carbons (Fsp3) is 0.300. The van der Waals surface area contributed by atoms with Gasteiger partial charge in [-0.25, -0.2) is 9.37 Å². The van der Waals surface area contributed by atoms with Crippen molar-refractivity contribution in [1.82, 2.24) is 24.2 Å². The maximum atomic E-state index is 14.9. The molecule has 0 saturated carbocycles. The van der Waals surface area contributed by atoms with E-state index in [0.29, 0.717) is 50.1 Å². The van der Waals surface area contributed by atoms with E-state index in [0.717, 1.165) is 27.9 Å². The fourth-order valence-corrected chi connectivity index (χ4v) is 6.12. The van der Waals surface area contributed by atoms with Gasteiger partial charge in [0.1, 0.15) is 11.3 Å². The Balaban J connectivity index is 1.14. The minimum absolute atomic E-state index is 0.128. The second kappa shape index (κ2) is 10.7. The molecule has 8 nitrogen and oxygen atoms in total. The third-order valence-electron chi connectivity index (χ3n) is 7.83. The Morgan fingerprint density at radius 2 is 1.80 bits per heavy atom. The molecule has 6 rings (SSSR count). The van der Waals surface area contributed by atoms with Crippen molar-refractivity contribution < 1.29 is 9.50 Å². The Morgan fingerprint density at radius 3 is 2.48 bits per heavy atom. The standard InChI is InChI=1S/C30H31FN6O2S/c1-35-28(21-4-2-20(15-32)3-5-21)26-27(34-35)29(38)37(19-33-26)18-30(39)9-11-36(12-10-30)16-23-7-6-22(14-25(23)31)24-8-13-40-17-24/h2-8,13-14,17,19,39H,9-12,15-16,18,32H2,1H3. The third-order valence-corrected chi connectivity index (χ3v) is 8.51. The first-order chi connectivity index (χ1) is 19.3. The van der Waals surface area contributed by atoms with Crippen LogP contribution in [0.1, 0.15) is 24.0 Å². The summed E-state index contributed by atoms with van der Waals surface area (Å²) in [6.07, 6.45) is 2.43. The van der Waals surface area contributed by atoms with Crippen LogP contribution in [0.2, 0.25) is 0 Å². The lowest BCUT2D eigenvalue weighted by Gasteiger charge is -2.38. The van der Waals surface area contributed by atoms with Gasteiger partial charge in [-0.05, 0) is 52.4 Å². The number of nitrogens with two attached hydrogens (primary N) is 1. The predicted molar refractivity (Wildman–Crippen MR) is 155 cm³/mol. The monoisotopic (exact) mass is 558 g/mol. The van der Waals surface area contributed by atoms with Gasteiger partial charge in [-0.15, -0.1) is 0 Å². The average molecular weight is 559 g/mol. The number of nitrogens with zero attached hydrogens (tertiary/aromatic N) is 5. The Bertz CT molecular complexity index is 1700. The summed E-state index contributed by atoms with van der Waals surface area (Å²) >= 11 is 1.59. The molecule has 1 aliphatic heterocycles. The van der Waals surface area contributed by atoms with Crippen molar-refractivity contribution >= 4 is 22.4 Å². The molecule has 1 saturated heterocycles. The number of hydrogen-bond acceptors (Lipinski definition) is 7. The molecule has 0 atom stereocenters. The lowest BCUT2D eigenvalue weighted by atomic mass is 9.91.